The number of benzene rings is 12. The molecule has 73 heavy (non-hydrogen) atoms. The van der Waals surface area contributed by atoms with Gasteiger partial charge in [0.25, 0.3) is 0 Å². The van der Waals surface area contributed by atoms with Crippen molar-refractivity contribution < 1.29 is 4.42 Å². The molecule has 0 amide bonds. The van der Waals surface area contributed by atoms with Crippen LogP contribution in [0.25, 0.3) is 88.3 Å². The van der Waals surface area contributed by atoms with Crippen LogP contribution in [0.3, 0.4) is 0 Å². The third-order valence-corrected chi connectivity index (χ3v) is 15.1. The second-order valence-corrected chi connectivity index (χ2v) is 19.1. The maximum absolute atomic E-state index is 6.71. The number of fused-ring (bicyclic) bond motifs is 7. The molecule has 14 rings (SSSR count). The number of nitrogens with zero attached hydrogens (tertiary/aromatic N) is 1. The number of anilines is 3. The van der Waals surface area contributed by atoms with Gasteiger partial charge in [-0.2, -0.15) is 0 Å². The Bertz CT molecular complexity index is 4140. The first-order valence-corrected chi connectivity index (χ1v) is 25.2. The molecule has 1 aliphatic carbocycles. The van der Waals surface area contributed by atoms with E-state index in [1.807, 2.05) is 0 Å². The molecule has 1 heterocycles. The Labute approximate surface area is 425 Å². The van der Waals surface area contributed by atoms with E-state index in [0.29, 0.717) is 0 Å². The molecule has 0 aliphatic heterocycles. The van der Waals surface area contributed by atoms with Crippen molar-refractivity contribution >= 4 is 49.8 Å². The standard InChI is InChI=1S/C71H47NO/c1-5-21-49(22-6-1)57-44-41-53(45-61(57)50-23-7-2-8-24-50)48-39-42-56(43-40-48)72(65-36-18-16-31-58(65)59-33-19-38-67-69(59)62-46-51-25-13-14-26-52(51)47-68(62)73-67)66-37-20-35-64-70(66)60-32-15-17-34-63(60)71(64,54-27-9-3-10-28-54)55-29-11-4-12-30-55/h1-47H. The highest BCUT2D eigenvalue weighted by Gasteiger charge is 2.47. The molecule has 0 N–H and O–H groups in total. The van der Waals surface area contributed by atoms with Gasteiger partial charge in [0.05, 0.1) is 16.8 Å². The van der Waals surface area contributed by atoms with Crippen LogP contribution in [0.1, 0.15) is 22.3 Å². The topological polar surface area (TPSA) is 16.4 Å². The summed E-state index contributed by atoms with van der Waals surface area (Å²) in [6, 6.07) is 104. The third kappa shape index (κ3) is 6.87. The maximum atomic E-state index is 6.71. The lowest BCUT2D eigenvalue weighted by Gasteiger charge is -2.34. The molecule has 2 heteroatoms. The first kappa shape index (κ1) is 42.4. The molecule has 0 unspecified atom stereocenters. The van der Waals surface area contributed by atoms with Crippen molar-refractivity contribution in [2.75, 3.05) is 4.90 Å². The lowest BCUT2D eigenvalue weighted by atomic mass is 9.68. The van der Waals surface area contributed by atoms with Crippen molar-refractivity contribution in [1.29, 1.82) is 0 Å². The average molecular weight is 930 g/mol. The zero-order valence-electron chi connectivity index (χ0n) is 40.0. The van der Waals surface area contributed by atoms with Gasteiger partial charge in [-0.1, -0.05) is 237 Å². The minimum absolute atomic E-state index is 0.564. The first-order valence-electron chi connectivity index (χ1n) is 25.2. The Hall–Kier alpha value is -9.50. The Kier molecular flexibility index (Phi) is 10.1. The van der Waals surface area contributed by atoms with E-state index in [0.717, 1.165) is 66.6 Å². The number of furan rings is 1. The minimum Gasteiger partial charge on any atom is -0.456 e. The van der Waals surface area contributed by atoms with Crippen LogP contribution in [0.15, 0.2) is 290 Å². The summed E-state index contributed by atoms with van der Waals surface area (Å²) in [5.74, 6) is 0. The van der Waals surface area contributed by atoms with Crippen molar-refractivity contribution in [3.8, 4) is 55.6 Å². The summed E-state index contributed by atoms with van der Waals surface area (Å²) in [5.41, 5.74) is 21.2. The Morgan fingerprint density at radius 3 is 1.55 bits per heavy atom. The van der Waals surface area contributed by atoms with Crippen molar-refractivity contribution in [3.05, 3.63) is 307 Å². The van der Waals surface area contributed by atoms with Crippen LogP contribution in [0.2, 0.25) is 0 Å². The lowest BCUT2D eigenvalue weighted by molar-refractivity contribution is 0.669. The van der Waals surface area contributed by atoms with Gasteiger partial charge in [0.1, 0.15) is 11.2 Å². The lowest BCUT2D eigenvalue weighted by Crippen LogP contribution is -2.28. The van der Waals surface area contributed by atoms with Crippen molar-refractivity contribution in [2.24, 2.45) is 0 Å². The fourth-order valence-electron chi connectivity index (χ4n) is 12.0. The molecule has 0 fully saturated rings. The zero-order chi connectivity index (χ0) is 48.3. The minimum atomic E-state index is -0.564. The predicted molar refractivity (Wildman–Crippen MR) is 305 cm³/mol. The molecule has 13 aromatic rings. The number of para-hydroxylation sites is 1. The van der Waals surface area contributed by atoms with Crippen LogP contribution in [-0.2, 0) is 5.41 Å². The first-order chi connectivity index (χ1) is 36.2. The van der Waals surface area contributed by atoms with Crippen LogP contribution >= 0.6 is 0 Å². The molecule has 2 nitrogen and oxygen atoms in total. The van der Waals surface area contributed by atoms with Gasteiger partial charge in [0.2, 0.25) is 0 Å². The molecule has 0 atom stereocenters. The van der Waals surface area contributed by atoms with E-state index in [4.69, 9.17) is 4.42 Å². The smallest absolute Gasteiger partial charge is 0.136 e. The maximum Gasteiger partial charge on any atom is 0.136 e. The van der Waals surface area contributed by atoms with E-state index < -0.39 is 5.41 Å². The summed E-state index contributed by atoms with van der Waals surface area (Å²) in [4.78, 5) is 2.51. The van der Waals surface area contributed by atoms with E-state index in [1.54, 1.807) is 0 Å². The molecule has 1 aromatic heterocycles. The van der Waals surface area contributed by atoms with Crippen molar-refractivity contribution in [2.45, 2.75) is 5.41 Å². The summed E-state index contributed by atoms with van der Waals surface area (Å²) in [6.07, 6.45) is 0. The van der Waals surface area contributed by atoms with E-state index in [9.17, 15) is 0 Å². The largest absolute Gasteiger partial charge is 0.456 e. The van der Waals surface area contributed by atoms with Crippen LogP contribution in [0, 0.1) is 0 Å². The van der Waals surface area contributed by atoms with Gasteiger partial charge in [-0.3, -0.25) is 0 Å². The van der Waals surface area contributed by atoms with Gasteiger partial charge >= 0.3 is 0 Å². The average Bonchev–Trinajstić information content (AvgIpc) is 4.00. The molecule has 342 valence electrons. The SMILES string of the molecule is c1ccc(-c2ccc(-c3ccc(N(c4ccccc4-c4cccc5oc6cc7ccccc7cc6c45)c4cccc5c4-c4ccccc4C5(c4ccccc4)c4ccccc4)cc3)cc2-c2ccccc2)cc1. The molecule has 1 aliphatic rings. The van der Waals surface area contributed by atoms with Crippen LogP contribution < -0.4 is 4.90 Å². The molecule has 0 spiro atoms. The normalized spacial score (nSPS) is 12.5. The molecule has 0 saturated heterocycles. The Balaban J connectivity index is 1.01. The molecular weight excluding hydrogens is 883 g/mol. The van der Waals surface area contributed by atoms with Crippen molar-refractivity contribution in [1.82, 2.24) is 0 Å². The number of rotatable bonds is 9. The van der Waals surface area contributed by atoms with E-state index in [1.165, 1.54) is 61.0 Å². The van der Waals surface area contributed by atoms with E-state index >= 15 is 0 Å². The molecule has 12 aromatic carbocycles. The van der Waals surface area contributed by atoms with Gasteiger partial charge in [-0.25, -0.2) is 0 Å². The van der Waals surface area contributed by atoms with Gasteiger partial charge in [-0.05, 0) is 126 Å². The zero-order valence-corrected chi connectivity index (χ0v) is 40.0. The van der Waals surface area contributed by atoms with Gasteiger partial charge in [0.15, 0.2) is 0 Å². The van der Waals surface area contributed by atoms with Crippen LogP contribution in [0.4, 0.5) is 17.1 Å². The highest BCUT2D eigenvalue weighted by atomic mass is 16.3. The van der Waals surface area contributed by atoms with Gasteiger partial charge < -0.3 is 9.32 Å². The molecule has 0 bridgehead atoms. The Morgan fingerprint density at radius 1 is 0.301 bits per heavy atom. The van der Waals surface area contributed by atoms with E-state index in [-0.39, 0.29) is 0 Å². The number of hydrogen-bond acceptors (Lipinski definition) is 2. The second-order valence-electron chi connectivity index (χ2n) is 19.1. The Morgan fingerprint density at radius 2 is 0.836 bits per heavy atom. The highest BCUT2D eigenvalue weighted by molar-refractivity contribution is 6.17. The van der Waals surface area contributed by atoms with Crippen molar-refractivity contribution in [3.63, 3.8) is 0 Å². The molecular formula is C71H47NO. The van der Waals surface area contributed by atoms with E-state index in [2.05, 4.69) is 290 Å². The summed E-state index contributed by atoms with van der Waals surface area (Å²) in [6.45, 7) is 0. The summed E-state index contributed by atoms with van der Waals surface area (Å²) >= 11 is 0. The molecule has 0 radical (unpaired) electrons. The quantitative estimate of drug-likeness (QED) is 0.143. The second kappa shape index (κ2) is 17.4. The van der Waals surface area contributed by atoms with Crippen LogP contribution in [0.5, 0.6) is 0 Å². The van der Waals surface area contributed by atoms with Crippen LogP contribution in [-0.4, -0.2) is 0 Å². The summed E-state index contributed by atoms with van der Waals surface area (Å²) < 4.78 is 6.71. The number of hydrogen-bond donors (Lipinski definition) is 0. The summed E-state index contributed by atoms with van der Waals surface area (Å²) in [5, 5.41) is 4.56. The van der Waals surface area contributed by atoms with Gasteiger partial charge in [-0.15, -0.1) is 0 Å². The van der Waals surface area contributed by atoms with Gasteiger partial charge in [0, 0.05) is 27.6 Å². The summed E-state index contributed by atoms with van der Waals surface area (Å²) in [7, 11) is 0. The predicted octanol–water partition coefficient (Wildman–Crippen LogP) is 19.2. The fraction of sp³-hybridized carbons (Fsp3) is 0.0141. The monoisotopic (exact) mass is 929 g/mol. The third-order valence-electron chi connectivity index (χ3n) is 15.1. The molecule has 0 saturated carbocycles. The fourth-order valence-corrected chi connectivity index (χ4v) is 12.0. The highest BCUT2D eigenvalue weighted by Crippen LogP contribution is 2.60.